The Kier molecular flexibility index (Phi) is 6.45. The molecule has 0 saturated carbocycles. The number of methoxy groups -OCH3 is 1. The van der Waals surface area contributed by atoms with Gasteiger partial charge in [0, 0.05) is 12.8 Å². The van der Waals surface area contributed by atoms with Crippen LogP contribution in [0.25, 0.3) is 5.57 Å². The molecule has 1 heterocycles. The Hall–Kier alpha value is -3.61. The summed E-state index contributed by atoms with van der Waals surface area (Å²) in [5.41, 5.74) is 0.770. The van der Waals surface area contributed by atoms with Gasteiger partial charge in [0.2, 0.25) is 0 Å². The molecule has 1 N–H and O–H groups in total. The molecule has 0 radical (unpaired) electrons. The fourth-order valence-corrected chi connectivity index (χ4v) is 4.74. The van der Waals surface area contributed by atoms with Crippen molar-refractivity contribution < 1.29 is 36.2 Å². The molecule has 1 amide bonds. The van der Waals surface area contributed by atoms with Gasteiger partial charge in [-0.3, -0.25) is 4.79 Å². The molecular weight excluding hydrogens is 471 g/mol. The average molecular weight is 492 g/mol. The Morgan fingerprint density at radius 1 is 1.17 bits per heavy atom. The predicted molar refractivity (Wildman–Crippen MR) is 115 cm³/mol. The van der Waals surface area contributed by atoms with Crippen molar-refractivity contribution in [1.29, 1.82) is 5.26 Å². The lowest BCUT2D eigenvalue weighted by Gasteiger charge is -2.37. The number of carbonyl (C=O) groups excluding carboxylic acids is 1. The summed E-state index contributed by atoms with van der Waals surface area (Å²) in [7, 11) is 1.13. The maximum Gasteiger partial charge on any atom is 0.389 e. The van der Waals surface area contributed by atoms with Crippen LogP contribution in [0.5, 0.6) is 11.5 Å². The van der Waals surface area contributed by atoms with Gasteiger partial charge in [-0.25, -0.2) is 8.78 Å². The minimum absolute atomic E-state index is 0.0737. The van der Waals surface area contributed by atoms with Crippen LogP contribution in [0.1, 0.15) is 42.4 Å². The van der Waals surface area contributed by atoms with Crippen LogP contribution < -0.4 is 14.8 Å². The molecule has 5 nitrogen and oxygen atoms in total. The van der Waals surface area contributed by atoms with Gasteiger partial charge in [-0.2, -0.15) is 18.4 Å². The van der Waals surface area contributed by atoms with E-state index in [1.807, 2.05) is 6.07 Å². The number of nitrogens with one attached hydrogen (secondary N) is 1. The molecular formula is C25H21F5N2O3. The summed E-state index contributed by atoms with van der Waals surface area (Å²) in [6.07, 6.45) is -4.21. The van der Waals surface area contributed by atoms with E-state index in [1.54, 1.807) is 18.2 Å². The first-order chi connectivity index (χ1) is 16.6. The molecule has 1 spiro atoms. The molecule has 2 aromatic rings. The number of rotatable bonds is 6. The second-order valence-electron chi connectivity index (χ2n) is 8.54. The number of ether oxygens (including phenoxy) is 2. The summed E-state index contributed by atoms with van der Waals surface area (Å²) < 4.78 is 75.9. The third kappa shape index (κ3) is 4.81. The van der Waals surface area contributed by atoms with E-state index in [2.05, 4.69) is 5.32 Å². The highest BCUT2D eigenvalue weighted by Gasteiger charge is 2.45. The first kappa shape index (κ1) is 24.5. The van der Waals surface area contributed by atoms with Crippen molar-refractivity contribution in [2.75, 3.05) is 13.7 Å². The topological polar surface area (TPSA) is 71.3 Å². The molecule has 1 aliphatic carbocycles. The van der Waals surface area contributed by atoms with Gasteiger partial charge in [0.15, 0.2) is 17.4 Å². The fraction of sp³-hybridized carbons (Fsp3) is 0.360. The molecule has 10 heteroatoms. The Morgan fingerprint density at radius 3 is 2.51 bits per heavy atom. The number of alkyl halides is 3. The Labute approximate surface area is 198 Å². The summed E-state index contributed by atoms with van der Waals surface area (Å²) in [6, 6.07) is 8.98. The van der Waals surface area contributed by atoms with E-state index in [4.69, 9.17) is 9.47 Å². The predicted octanol–water partition coefficient (Wildman–Crippen LogP) is 5.33. The van der Waals surface area contributed by atoms with Crippen LogP contribution in [0.2, 0.25) is 0 Å². The van der Waals surface area contributed by atoms with E-state index >= 15 is 0 Å². The van der Waals surface area contributed by atoms with Crippen LogP contribution in [-0.2, 0) is 16.8 Å². The molecule has 35 heavy (non-hydrogen) atoms. The lowest BCUT2D eigenvalue weighted by molar-refractivity contribution is -0.136. The van der Waals surface area contributed by atoms with Gasteiger partial charge in [-0.15, -0.1) is 0 Å². The molecule has 1 atom stereocenters. The number of halogens is 5. The average Bonchev–Trinajstić information content (AvgIpc) is 3.12. The number of benzene rings is 2. The molecule has 0 bridgehead atoms. The Balaban J connectivity index is 1.62. The van der Waals surface area contributed by atoms with Crippen molar-refractivity contribution in [1.82, 2.24) is 5.32 Å². The van der Waals surface area contributed by atoms with Crippen molar-refractivity contribution >= 4 is 11.5 Å². The lowest BCUT2D eigenvalue weighted by atomic mass is 9.78. The number of hydrogen-bond donors (Lipinski definition) is 1. The highest BCUT2D eigenvalue weighted by atomic mass is 19.4. The van der Waals surface area contributed by atoms with Crippen LogP contribution >= 0.6 is 0 Å². The third-order valence-electron chi connectivity index (χ3n) is 6.31. The van der Waals surface area contributed by atoms with Gasteiger partial charge in [-0.1, -0.05) is 6.07 Å². The van der Waals surface area contributed by atoms with Crippen molar-refractivity contribution in [2.45, 2.75) is 43.8 Å². The molecule has 4 rings (SSSR count). The van der Waals surface area contributed by atoms with Gasteiger partial charge in [0.25, 0.3) is 5.91 Å². The van der Waals surface area contributed by atoms with Gasteiger partial charge in [0.1, 0.15) is 17.4 Å². The number of carbonyl (C=O) groups is 1. The van der Waals surface area contributed by atoms with Crippen molar-refractivity contribution in [2.24, 2.45) is 0 Å². The summed E-state index contributed by atoms with van der Waals surface area (Å²) in [5, 5.41) is 12.5. The summed E-state index contributed by atoms with van der Waals surface area (Å²) in [6.45, 7) is -0.0901. The fourth-order valence-electron chi connectivity index (χ4n) is 4.74. The van der Waals surface area contributed by atoms with E-state index in [0.29, 0.717) is 18.6 Å². The van der Waals surface area contributed by atoms with E-state index in [1.165, 1.54) is 0 Å². The molecule has 1 aliphatic heterocycles. The molecule has 2 aromatic carbocycles. The molecule has 2 aliphatic rings. The number of hydrogen-bond acceptors (Lipinski definition) is 4. The second kappa shape index (κ2) is 9.21. The number of aryl methyl sites for hydroxylation is 1. The van der Waals surface area contributed by atoms with Crippen molar-refractivity contribution in [3.63, 3.8) is 0 Å². The minimum Gasteiger partial charge on any atom is -0.494 e. The highest BCUT2D eigenvalue weighted by molar-refractivity contribution is 6.07. The number of nitrogens with zero attached hydrogens (tertiary/aromatic N) is 1. The van der Waals surface area contributed by atoms with Gasteiger partial charge >= 0.3 is 6.18 Å². The van der Waals surface area contributed by atoms with Crippen LogP contribution in [0.3, 0.4) is 0 Å². The zero-order valence-corrected chi connectivity index (χ0v) is 18.7. The van der Waals surface area contributed by atoms with Crippen LogP contribution in [-0.4, -0.2) is 25.8 Å². The Morgan fingerprint density at radius 2 is 1.89 bits per heavy atom. The first-order valence-electron chi connectivity index (χ1n) is 10.9. The van der Waals surface area contributed by atoms with Crippen LogP contribution in [0.4, 0.5) is 22.0 Å². The first-order valence-corrected chi connectivity index (χ1v) is 10.9. The number of nitriles is 1. The SMILES string of the molecule is COc1c(F)cc(C2=C(C#N)C(=O)NC3(CCc4cc(OCCCC(F)(F)F)ccc43)C2)cc1F. The highest BCUT2D eigenvalue weighted by Crippen LogP contribution is 2.47. The van der Waals surface area contributed by atoms with Crippen LogP contribution in [0, 0.1) is 23.0 Å². The minimum atomic E-state index is -4.24. The normalized spacial score (nSPS) is 19.4. The van der Waals surface area contributed by atoms with Gasteiger partial charge < -0.3 is 14.8 Å². The zero-order chi connectivity index (χ0) is 25.4. The summed E-state index contributed by atoms with van der Waals surface area (Å²) in [4.78, 5) is 12.9. The van der Waals surface area contributed by atoms with E-state index in [9.17, 15) is 32.0 Å². The summed E-state index contributed by atoms with van der Waals surface area (Å²) in [5.74, 6) is -2.70. The smallest absolute Gasteiger partial charge is 0.389 e. The van der Waals surface area contributed by atoms with E-state index < -0.39 is 41.4 Å². The maximum absolute atomic E-state index is 14.4. The Bertz CT molecular complexity index is 1230. The largest absolute Gasteiger partial charge is 0.494 e. The zero-order valence-electron chi connectivity index (χ0n) is 18.7. The number of fused-ring (bicyclic) bond motifs is 2. The second-order valence-corrected chi connectivity index (χ2v) is 8.54. The van der Waals surface area contributed by atoms with Crippen LogP contribution in [0.15, 0.2) is 35.9 Å². The van der Waals surface area contributed by atoms with E-state index in [-0.39, 0.29) is 36.2 Å². The quantitative estimate of drug-likeness (QED) is 0.437. The van der Waals surface area contributed by atoms with Crippen molar-refractivity contribution in [3.8, 4) is 17.6 Å². The standard InChI is InChI=1S/C25H21F5N2O3/c1-34-22-20(26)10-15(11-21(22)27)17-12-24(32-23(33)18(17)13-31)7-5-14-9-16(3-4-19(14)24)35-8-2-6-25(28,29)30/h3-4,9-11H,2,5-8,12H2,1H3,(H,32,33). The van der Waals surface area contributed by atoms with Gasteiger partial charge in [0.05, 0.1) is 19.3 Å². The van der Waals surface area contributed by atoms with Gasteiger partial charge in [-0.05, 0) is 65.8 Å². The monoisotopic (exact) mass is 492 g/mol. The van der Waals surface area contributed by atoms with Crippen molar-refractivity contribution in [3.05, 3.63) is 64.2 Å². The molecule has 1 unspecified atom stereocenters. The molecule has 184 valence electrons. The molecule has 0 saturated heterocycles. The molecule has 0 aromatic heterocycles. The lowest BCUT2D eigenvalue weighted by Crippen LogP contribution is -2.48. The summed E-state index contributed by atoms with van der Waals surface area (Å²) >= 11 is 0. The van der Waals surface area contributed by atoms with E-state index in [0.717, 1.165) is 30.4 Å². The maximum atomic E-state index is 14.4. The number of amides is 1. The third-order valence-corrected chi connectivity index (χ3v) is 6.31. The molecule has 0 fully saturated rings.